The highest BCUT2D eigenvalue weighted by atomic mass is 35.5. The lowest BCUT2D eigenvalue weighted by Gasteiger charge is -2.37. The van der Waals surface area contributed by atoms with Crippen molar-refractivity contribution >= 4 is 30.3 Å². The number of rotatable bonds is 2. The molecule has 8 heteroatoms. The van der Waals surface area contributed by atoms with Gasteiger partial charge in [0.15, 0.2) is 0 Å². The Kier molecular flexibility index (Phi) is 5.52. The van der Waals surface area contributed by atoms with Gasteiger partial charge in [-0.25, -0.2) is 4.79 Å². The summed E-state index contributed by atoms with van der Waals surface area (Å²) in [7, 11) is 0. The summed E-state index contributed by atoms with van der Waals surface area (Å²) in [5.74, 6) is -0.240. The zero-order chi connectivity index (χ0) is 15.7. The van der Waals surface area contributed by atoms with Crippen LogP contribution in [0.3, 0.4) is 0 Å². The van der Waals surface area contributed by atoms with E-state index in [0.29, 0.717) is 19.5 Å². The first kappa shape index (κ1) is 18.0. The van der Waals surface area contributed by atoms with Gasteiger partial charge in [-0.15, -0.1) is 12.4 Å². The molecule has 1 spiro atoms. The number of hydrogen-bond donors (Lipinski definition) is 2. The van der Waals surface area contributed by atoms with Crippen LogP contribution in [0.2, 0.25) is 0 Å². The molecule has 4 amide bonds. The van der Waals surface area contributed by atoms with E-state index < -0.39 is 11.6 Å². The normalized spacial score (nSPS) is 31.1. The Morgan fingerprint density at radius 3 is 2.61 bits per heavy atom. The highest BCUT2D eigenvalue weighted by molar-refractivity contribution is 6.09. The van der Waals surface area contributed by atoms with Gasteiger partial charge in [0.25, 0.3) is 5.91 Å². The number of nitrogens with zero attached hydrogens (tertiary/aromatic N) is 2. The lowest BCUT2D eigenvalue weighted by molar-refractivity contribution is -0.140. The summed E-state index contributed by atoms with van der Waals surface area (Å²) < 4.78 is 0. The van der Waals surface area contributed by atoms with E-state index in [9.17, 15) is 14.4 Å². The average molecular weight is 345 g/mol. The smallest absolute Gasteiger partial charge is 0.325 e. The molecule has 0 aromatic carbocycles. The van der Waals surface area contributed by atoms with Gasteiger partial charge in [-0.3, -0.25) is 14.5 Å². The molecule has 2 heterocycles. The number of hydrogen-bond acceptors (Lipinski definition) is 4. The number of urea groups is 1. The number of nitrogens with one attached hydrogen (secondary N) is 2. The van der Waals surface area contributed by atoms with Gasteiger partial charge >= 0.3 is 6.03 Å². The molecule has 23 heavy (non-hydrogen) atoms. The van der Waals surface area contributed by atoms with E-state index in [1.165, 1.54) is 0 Å². The Morgan fingerprint density at radius 2 is 1.96 bits per heavy atom. The van der Waals surface area contributed by atoms with Crippen LogP contribution in [0.4, 0.5) is 4.79 Å². The Morgan fingerprint density at radius 1 is 1.26 bits per heavy atom. The van der Waals surface area contributed by atoms with Gasteiger partial charge in [0.1, 0.15) is 12.1 Å². The summed E-state index contributed by atoms with van der Waals surface area (Å²) in [6.07, 6.45) is 3.64. The van der Waals surface area contributed by atoms with Crippen molar-refractivity contribution in [2.24, 2.45) is 5.92 Å². The molecule has 1 saturated carbocycles. The maximum absolute atomic E-state index is 12.8. The second-order valence-corrected chi connectivity index (χ2v) is 6.57. The second-order valence-electron chi connectivity index (χ2n) is 6.57. The highest BCUT2D eigenvalue weighted by Gasteiger charge is 2.55. The van der Waals surface area contributed by atoms with Crippen LogP contribution >= 0.6 is 12.4 Å². The van der Waals surface area contributed by atoms with Crippen molar-refractivity contribution in [2.75, 3.05) is 32.7 Å². The first-order chi connectivity index (χ1) is 10.5. The van der Waals surface area contributed by atoms with Crippen LogP contribution in [0.1, 0.15) is 32.6 Å². The van der Waals surface area contributed by atoms with Crippen LogP contribution in [0.25, 0.3) is 0 Å². The third-order valence-electron chi connectivity index (χ3n) is 5.26. The SMILES string of the molecule is CC1CCCCC12NC(=O)N(CC(=O)N1CCNCC1)C2=O.Cl. The molecule has 0 bridgehead atoms. The van der Waals surface area contributed by atoms with Crippen molar-refractivity contribution in [1.82, 2.24) is 20.4 Å². The van der Waals surface area contributed by atoms with Gasteiger partial charge in [0.2, 0.25) is 5.91 Å². The number of piperazine rings is 1. The summed E-state index contributed by atoms with van der Waals surface area (Å²) in [5, 5.41) is 6.06. The monoisotopic (exact) mass is 344 g/mol. The van der Waals surface area contributed by atoms with Gasteiger partial charge in [0, 0.05) is 26.2 Å². The highest BCUT2D eigenvalue weighted by Crippen LogP contribution is 2.38. The molecular weight excluding hydrogens is 320 g/mol. The van der Waals surface area contributed by atoms with Gasteiger partial charge in [-0.05, 0) is 18.8 Å². The van der Waals surface area contributed by atoms with Crippen LogP contribution < -0.4 is 10.6 Å². The van der Waals surface area contributed by atoms with E-state index in [4.69, 9.17) is 0 Å². The quantitative estimate of drug-likeness (QED) is 0.708. The van der Waals surface area contributed by atoms with E-state index in [0.717, 1.165) is 37.3 Å². The van der Waals surface area contributed by atoms with Gasteiger partial charge in [-0.2, -0.15) is 0 Å². The minimum absolute atomic E-state index is 0. The van der Waals surface area contributed by atoms with Crippen molar-refractivity contribution in [3.8, 4) is 0 Å². The molecule has 3 aliphatic rings. The fourth-order valence-electron chi connectivity index (χ4n) is 3.79. The summed E-state index contributed by atoms with van der Waals surface area (Å²) >= 11 is 0. The molecule has 1 aliphatic carbocycles. The first-order valence-corrected chi connectivity index (χ1v) is 8.17. The zero-order valence-electron chi connectivity index (χ0n) is 13.5. The van der Waals surface area contributed by atoms with E-state index in [2.05, 4.69) is 10.6 Å². The van der Waals surface area contributed by atoms with Crippen LogP contribution in [0.5, 0.6) is 0 Å². The predicted octanol–water partition coefficient (Wildman–Crippen LogP) is 0.341. The van der Waals surface area contributed by atoms with E-state index >= 15 is 0 Å². The van der Waals surface area contributed by atoms with Crippen LogP contribution in [0.15, 0.2) is 0 Å². The van der Waals surface area contributed by atoms with Crippen molar-refractivity contribution in [3.63, 3.8) is 0 Å². The summed E-state index contributed by atoms with van der Waals surface area (Å²) in [6, 6.07) is -0.415. The van der Waals surface area contributed by atoms with Crippen LogP contribution in [0, 0.1) is 5.92 Å². The number of carbonyl (C=O) groups excluding carboxylic acids is 3. The molecular formula is C15H25ClN4O3. The maximum Gasteiger partial charge on any atom is 0.325 e. The summed E-state index contributed by atoms with van der Waals surface area (Å²) in [5.41, 5.74) is -0.779. The minimum atomic E-state index is -0.779. The van der Waals surface area contributed by atoms with Crippen LogP contribution in [-0.2, 0) is 9.59 Å². The van der Waals surface area contributed by atoms with Crippen molar-refractivity contribution < 1.29 is 14.4 Å². The molecule has 2 atom stereocenters. The third kappa shape index (κ3) is 3.17. The molecule has 0 aromatic heterocycles. The Hall–Kier alpha value is -1.34. The van der Waals surface area contributed by atoms with Crippen molar-refractivity contribution in [2.45, 2.75) is 38.1 Å². The fourth-order valence-corrected chi connectivity index (χ4v) is 3.79. The Bertz CT molecular complexity index is 495. The number of halogens is 1. The summed E-state index contributed by atoms with van der Waals surface area (Å²) in [6.45, 7) is 4.64. The molecule has 2 saturated heterocycles. The zero-order valence-corrected chi connectivity index (χ0v) is 14.3. The Balaban J connectivity index is 0.00000192. The lowest BCUT2D eigenvalue weighted by Crippen LogP contribution is -2.54. The molecule has 2 unspecified atom stereocenters. The van der Waals surface area contributed by atoms with Crippen LogP contribution in [-0.4, -0.2) is 65.9 Å². The van der Waals surface area contributed by atoms with E-state index in [1.54, 1.807) is 4.90 Å². The molecule has 3 rings (SSSR count). The minimum Gasteiger partial charge on any atom is -0.339 e. The fraction of sp³-hybridized carbons (Fsp3) is 0.800. The van der Waals surface area contributed by atoms with Crippen molar-refractivity contribution in [3.05, 3.63) is 0 Å². The van der Waals surface area contributed by atoms with E-state index in [-0.39, 0.29) is 36.7 Å². The number of carbonyl (C=O) groups is 3. The maximum atomic E-state index is 12.8. The second kappa shape index (κ2) is 7.05. The van der Waals surface area contributed by atoms with Gasteiger partial charge in [0.05, 0.1) is 0 Å². The molecule has 2 N–H and O–H groups in total. The molecule has 0 radical (unpaired) electrons. The largest absolute Gasteiger partial charge is 0.339 e. The Labute approximate surface area is 142 Å². The molecule has 130 valence electrons. The number of amides is 4. The summed E-state index contributed by atoms with van der Waals surface area (Å²) in [4.78, 5) is 40.2. The predicted molar refractivity (Wildman–Crippen MR) is 87.3 cm³/mol. The topological polar surface area (TPSA) is 81.8 Å². The molecule has 7 nitrogen and oxygen atoms in total. The molecule has 3 fully saturated rings. The lowest BCUT2D eigenvalue weighted by atomic mass is 9.73. The standard InChI is InChI=1S/C15H24N4O3.ClH/c1-11-4-2-3-5-15(11)13(21)19(14(22)17-15)10-12(20)18-8-6-16-7-9-18;/h11,16H,2-10H2,1H3,(H,17,22);1H. The van der Waals surface area contributed by atoms with Gasteiger partial charge in [-0.1, -0.05) is 19.8 Å². The van der Waals surface area contributed by atoms with E-state index in [1.807, 2.05) is 6.92 Å². The molecule has 2 aliphatic heterocycles. The number of imide groups is 1. The average Bonchev–Trinajstić information content (AvgIpc) is 2.76. The van der Waals surface area contributed by atoms with Gasteiger partial charge < -0.3 is 15.5 Å². The molecule has 0 aromatic rings. The third-order valence-corrected chi connectivity index (χ3v) is 5.26. The van der Waals surface area contributed by atoms with Crippen molar-refractivity contribution in [1.29, 1.82) is 0 Å². The first-order valence-electron chi connectivity index (χ1n) is 8.17.